The highest BCUT2D eigenvalue weighted by molar-refractivity contribution is 5.49. The normalized spacial score (nSPS) is 21.9. The Balaban J connectivity index is 2.21. The SMILES string of the molecule is Cc1ccc(N2CCNCC(C)C2)c(F)c1. The smallest absolute Gasteiger partial charge is 0.146 e. The second kappa shape index (κ2) is 4.83. The van der Waals surface area contributed by atoms with Gasteiger partial charge in [-0.05, 0) is 37.1 Å². The van der Waals surface area contributed by atoms with Gasteiger partial charge in [0.2, 0.25) is 0 Å². The first-order valence-corrected chi connectivity index (χ1v) is 5.88. The number of anilines is 1. The summed E-state index contributed by atoms with van der Waals surface area (Å²) in [5.41, 5.74) is 1.71. The lowest BCUT2D eigenvalue weighted by Gasteiger charge is -2.25. The standard InChI is InChI=1S/C13H19FN2/c1-10-3-4-13(12(14)7-10)16-6-5-15-8-11(2)9-16/h3-4,7,11,15H,5-6,8-9H2,1-2H3. The van der Waals surface area contributed by atoms with Crippen molar-refractivity contribution in [2.75, 3.05) is 31.1 Å². The van der Waals surface area contributed by atoms with Gasteiger partial charge < -0.3 is 10.2 Å². The van der Waals surface area contributed by atoms with Gasteiger partial charge in [0, 0.05) is 19.6 Å². The van der Waals surface area contributed by atoms with Crippen LogP contribution in [0.3, 0.4) is 0 Å². The molecule has 1 heterocycles. The van der Waals surface area contributed by atoms with Gasteiger partial charge in [-0.1, -0.05) is 13.0 Å². The molecule has 1 aromatic rings. The van der Waals surface area contributed by atoms with Crippen molar-refractivity contribution in [1.82, 2.24) is 5.32 Å². The van der Waals surface area contributed by atoms with Crippen LogP contribution in [-0.4, -0.2) is 26.2 Å². The zero-order valence-electron chi connectivity index (χ0n) is 9.96. The molecule has 3 heteroatoms. The first-order valence-electron chi connectivity index (χ1n) is 5.88. The molecule has 16 heavy (non-hydrogen) atoms. The number of hydrogen-bond acceptors (Lipinski definition) is 2. The number of hydrogen-bond donors (Lipinski definition) is 1. The fourth-order valence-corrected chi connectivity index (χ4v) is 2.18. The zero-order chi connectivity index (χ0) is 11.5. The Morgan fingerprint density at radius 3 is 3.00 bits per heavy atom. The van der Waals surface area contributed by atoms with Crippen molar-refractivity contribution in [3.05, 3.63) is 29.6 Å². The van der Waals surface area contributed by atoms with Crippen LogP contribution in [0.4, 0.5) is 10.1 Å². The van der Waals surface area contributed by atoms with E-state index in [0.717, 1.165) is 37.4 Å². The number of aryl methyl sites for hydroxylation is 1. The van der Waals surface area contributed by atoms with Gasteiger partial charge in [0.15, 0.2) is 0 Å². The van der Waals surface area contributed by atoms with Crippen molar-refractivity contribution >= 4 is 5.69 Å². The van der Waals surface area contributed by atoms with Crippen molar-refractivity contribution < 1.29 is 4.39 Å². The quantitative estimate of drug-likeness (QED) is 0.783. The van der Waals surface area contributed by atoms with E-state index >= 15 is 0 Å². The fourth-order valence-electron chi connectivity index (χ4n) is 2.18. The molecule has 1 fully saturated rings. The molecule has 1 aromatic carbocycles. The van der Waals surface area contributed by atoms with Crippen LogP contribution in [0.25, 0.3) is 0 Å². The molecule has 1 atom stereocenters. The van der Waals surface area contributed by atoms with E-state index in [2.05, 4.69) is 17.1 Å². The first-order chi connectivity index (χ1) is 7.66. The summed E-state index contributed by atoms with van der Waals surface area (Å²) in [6, 6.07) is 5.47. The van der Waals surface area contributed by atoms with Crippen molar-refractivity contribution in [3.8, 4) is 0 Å². The highest BCUT2D eigenvalue weighted by atomic mass is 19.1. The van der Waals surface area contributed by atoms with Gasteiger partial charge in [-0.15, -0.1) is 0 Å². The molecular formula is C13H19FN2. The van der Waals surface area contributed by atoms with Gasteiger partial charge in [0.1, 0.15) is 5.82 Å². The van der Waals surface area contributed by atoms with Gasteiger partial charge in [-0.2, -0.15) is 0 Å². The molecule has 0 spiro atoms. The van der Waals surface area contributed by atoms with E-state index in [-0.39, 0.29) is 5.82 Å². The van der Waals surface area contributed by atoms with Gasteiger partial charge in [-0.25, -0.2) is 4.39 Å². The van der Waals surface area contributed by atoms with Crippen LogP contribution in [0, 0.1) is 18.7 Å². The molecule has 2 nitrogen and oxygen atoms in total. The van der Waals surface area contributed by atoms with Crippen LogP contribution >= 0.6 is 0 Å². The van der Waals surface area contributed by atoms with Gasteiger partial charge in [0.05, 0.1) is 5.69 Å². The Morgan fingerprint density at radius 2 is 2.25 bits per heavy atom. The van der Waals surface area contributed by atoms with Crippen molar-refractivity contribution in [1.29, 1.82) is 0 Å². The van der Waals surface area contributed by atoms with Crippen LogP contribution in [0.2, 0.25) is 0 Å². The molecule has 2 rings (SSSR count). The van der Waals surface area contributed by atoms with Crippen molar-refractivity contribution in [2.45, 2.75) is 13.8 Å². The number of benzene rings is 1. The second-order valence-electron chi connectivity index (χ2n) is 4.71. The van der Waals surface area contributed by atoms with Crippen LogP contribution in [0.15, 0.2) is 18.2 Å². The Bertz CT molecular complexity index is 365. The van der Waals surface area contributed by atoms with E-state index in [0.29, 0.717) is 5.92 Å². The average Bonchev–Trinajstić information content (AvgIpc) is 2.43. The molecule has 1 aliphatic heterocycles. The van der Waals surface area contributed by atoms with Gasteiger partial charge in [-0.3, -0.25) is 0 Å². The summed E-state index contributed by atoms with van der Waals surface area (Å²) in [4.78, 5) is 2.14. The van der Waals surface area contributed by atoms with Gasteiger partial charge in [0.25, 0.3) is 0 Å². The van der Waals surface area contributed by atoms with Gasteiger partial charge >= 0.3 is 0 Å². The average molecular weight is 222 g/mol. The zero-order valence-corrected chi connectivity index (χ0v) is 9.96. The highest BCUT2D eigenvalue weighted by Gasteiger charge is 2.17. The predicted molar refractivity (Wildman–Crippen MR) is 65.4 cm³/mol. The highest BCUT2D eigenvalue weighted by Crippen LogP contribution is 2.21. The summed E-state index contributed by atoms with van der Waals surface area (Å²) in [5, 5.41) is 3.36. The van der Waals surface area contributed by atoms with E-state index in [1.54, 1.807) is 6.07 Å². The molecule has 0 amide bonds. The number of rotatable bonds is 1. The van der Waals surface area contributed by atoms with Crippen molar-refractivity contribution in [2.24, 2.45) is 5.92 Å². The summed E-state index contributed by atoms with van der Waals surface area (Å²) in [6.07, 6.45) is 0. The lowest BCUT2D eigenvalue weighted by Crippen LogP contribution is -2.30. The van der Waals surface area contributed by atoms with E-state index in [4.69, 9.17) is 0 Å². The molecule has 1 unspecified atom stereocenters. The molecule has 1 saturated heterocycles. The summed E-state index contributed by atoms with van der Waals surface area (Å²) < 4.78 is 13.8. The molecule has 0 aliphatic carbocycles. The van der Waals surface area contributed by atoms with E-state index in [1.165, 1.54) is 0 Å². The summed E-state index contributed by atoms with van der Waals surface area (Å²) in [6.45, 7) is 7.86. The molecule has 1 aliphatic rings. The van der Waals surface area contributed by atoms with E-state index in [9.17, 15) is 4.39 Å². The molecule has 88 valence electrons. The third-order valence-corrected chi connectivity index (χ3v) is 3.03. The molecular weight excluding hydrogens is 203 g/mol. The van der Waals surface area contributed by atoms with Crippen molar-refractivity contribution in [3.63, 3.8) is 0 Å². The molecule has 0 radical (unpaired) electrons. The maximum Gasteiger partial charge on any atom is 0.146 e. The minimum absolute atomic E-state index is 0.103. The third-order valence-electron chi connectivity index (χ3n) is 3.03. The second-order valence-corrected chi connectivity index (χ2v) is 4.71. The maximum absolute atomic E-state index is 13.8. The third kappa shape index (κ3) is 2.53. The van der Waals surface area contributed by atoms with Crippen LogP contribution in [0.1, 0.15) is 12.5 Å². The lowest BCUT2D eigenvalue weighted by atomic mass is 10.1. The molecule has 0 bridgehead atoms. The summed E-state index contributed by atoms with van der Waals surface area (Å²) in [7, 11) is 0. The fraction of sp³-hybridized carbons (Fsp3) is 0.538. The largest absolute Gasteiger partial charge is 0.368 e. The number of nitrogens with one attached hydrogen (secondary N) is 1. The van der Waals surface area contributed by atoms with Crippen LogP contribution < -0.4 is 10.2 Å². The first kappa shape index (κ1) is 11.4. The number of halogens is 1. The summed E-state index contributed by atoms with van der Waals surface area (Å²) >= 11 is 0. The summed E-state index contributed by atoms with van der Waals surface area (Å²) in [5.74, 6) is 0.456. The lowest BCUT2D eigenvalue weighted by molar-refractivity contribution is 0.558. The Hall–Kier alpha value is -1.09. The number of nitrogens with zero attached hydrogens (tertiary/aromatic N) is 1. The Kier molecular flexibility index (Phi) is 3.44. The maximum atomic E-state index is 13.8. The monoisotopic (exact) mass is 222 g/mol. The van der Waals surface area contributed by atoms with E-state index < -0.39 is 0 Å². The topological polar surface area (TPSA) is 15.3 Å². The Morgan fingerprint density at radius 1 is 1.44 bits per heavy atom. The minimum Gasteiger partial charge on any atom is -0.368 e. The van der Waals surface area contributed by atoms with E-state index in [1.807, 2.05) is 19.1 Å². The molecule has 1 N–H and O–H groups in total. The Labute approximate surface area is 96.5 Å². The van der Waals surface area contributed by atoms with Crippen LogP contribution in [0.5, 0.6) is 0 Å². The molecule has 0 saturated carbocycles. The molecule has 0 aromatic heterocycles. The predicted octanol–water partition coefficient (Wildman–Crippen LogP) is 2.18. The minimum atomic E-state index is -0.103. The van der Waals surface area contributed by atoms with Crippen LogP contribution in [-0.2, 0) is 0 Å².